The number of halogens is 1. The molecule has 0 saturated carbocycles. The molecule has 0 atom stereocenters. The summed E-state index contributed by atoms with van der Waals surface area (Å²) in [5.74, 6) is 1.08. The van der Waals surface area contributed by atoms with Gasteiger partial charge >= 0.3 is 0 Å². The van der Waals surface area contributed by atoms with Crippen molar-refractivity contribution in [3.8, 4) is 10.6 Å². The van der Waals surface area contributed by atoms with Gasteiger partial charge in [0.25, 0.3) is 0 Å². The van der Waals surface area contributed by atoms with E-state index in [0.717, 1.165) is 47.3 Å². The largest absolute Gasteiger partial charge is 0.306 e. The number of benzene rings is 1. The molecule has 22 heavy (non-hydrogen) atoms. The minimum absolute atomic E-state index is 0.251. The Morgan fingerprint density at radius 1 is 1.23 bits per heavy atom. The molecule has 0 spiro atoms. The van der Waals surface area contributed by atoms with Crippen molar-refractivity contribution in [2.24, 2.45) is 0 Å². The molecule has 7 heteroatoms. The lowest BCUT2D eigenvalue weighted by atomic mass is 9.96. The minimum Gasteiger partial charge on any atom is -0.306 e. The molecule has 1 aliphatic rings. The van der Waals surface area contributed by atoms with Crippen LogP contribution in [0.25, 0.3) is 15.5 Å². The Hall–Kier alpha value is -1.86. The zero-order chi connectivity index (χ0) is 15.1. The number of nitrogens with zero attached hydrogens (tertiary/aromatic N) is 5. The molecule has 1 aliphatic heterocycles. The van der Waals surface area contributed by atoms with Gasteiger partial charge in [0, 0.05) is 11.5 Å². The van der Waals surface area contributed by atoms with Gasteiger partial charge < -0.3 is 4.90 Å². The van der Waals surface area contributed by atoms with Gasteiger partial charge in [-0.15, -0.1) is 10.2 Å². The van der Waals surface area contributed by atoms with Crippen molar-refractivity contribution >= 4 is 16.3 Å². The summed E-state index contributed by atoms with van der Waals surface area (Å²) in [6, 6.07) is 6.50. The van der Waals surface area contributed by atoms with Gasteiger partial charge in [-0.3, -0.25) is 0 Å². The zero-order valence-corrected chi connectivity index (χ0v) is 13.1. The van der Waals surface area contributed by atoms with Gasteiger partial charge in [0.05, 0.1) is 0 Å². The summed E-state index contributed by atoms with van der Waals surface area (Å²) in [6.45, 7) is 2.14. The van der Waals surface area contributed by atoms with E-state index < -0.39 is 0 Å². The molecule has 114 valence electrons. The number of fused-ring (bicyclic) bond motifs is 1. The summed E-state index contributed by atoms with van der Waals surface area (Å²) in [7, 11) is 2.14. The van der Waals surface area contributed by atoms with Crippen molar-refractivity contribution in [1.29, 1.82) is 0 Å². The fourth-order valence-electron chi connectivity index (χ4n) is 2.89. The van der Waals surface area contributed by atoms with E-state index >= 15 is 0 Å². The lowest BCUT2D eigenvalue weighted by Crippen LogP contribution is -2.30. The molecule has 4 rings (SSSR count). The minimum atomic E-state index is -0.251. The van der Waals surface area contributed by atoms with Crippen LogP contribution in [0.3, 0.4) is 0 Å². The quantitative estimate of drug-likeness (QED) is 0.729. The molecule has 0 aliphatic carbocycles. The first kappa shape index (κ1) is 13.8. The van der Waals surface area contributed by atoms with E-state index in [1.165, 1.54) is 23.5 Å². The Morgan fingerprint density at radius 3 is 2.82 bits per heavy atom. The van der Waals surface area contributed by atoms with Crippen molar-refractivity contribution in [3.63, 3.8) is 0 Å². The molecule has 0 amide bonds. The maximum atomic E-state index is 13.4. The number of rotatable bonds is 2. The lowest BCUT2D eigenvalue weighted by molar-refractivity contribution is 0.250. The lowest BCUT2D eigenvalue weighted by Gasteiger charge is -2.27. The molecule has 1 saturated heterocycles. The zero-order valence-electron chi connectivity index (χ0n) is 12.2. The molecule has 0 bridgehead atoms. The van der Waals surface area contributed by atoms with Crippen LogP contribution in [0.5, 0.6) is 0 Å². The number of piperidine rings is 1. The van der Waals surface area contributed by atoms with Crippen LogP contribution in [0.2, 0.25) is 0 Å². The van der Waals surface area contributed by atoms with Crippen molar-refractivity contribution in [2.75, 3.05) is 20.1 Å². The molecule has 3 heterocycles. The Balaban J connectivity index is 1.70. The van der Waals surface area contributed by atoms with Crippen LogP contribution in [0.15, 0.2) is 24.3 Å². The Kier molecular flexibility index (Phi) is 3.38. The van der Waals surface area contributed by atoms with Gasteiger partial charge in [-0.1, -0.05) is 23.5 Å². The highest BCUT2D eigenvalue weighted by molar-refractivity contribution is 7.19. The van der Waals surface area contributed by atoms with E-state index in [2.05, 4.69) is 27.2 Å². The highest BCUT2D eigenvalue weighted by Crippen LogP contribution is 2.30. The van der Waals surface area contributed by atoms with Crippen molar-refractivity contribution in [3.05, 3.63) is 35.9 Å². The summed E-state index contributed by atoms with van der Waals surface area (Å²) in [6.07, 6.45) is 2.15. The van der Waals surface area contributed by atoms with Crippen LogP contribution < -0.4 is 0 Å². The summed E-state index contributed by atoms with van der Waals surface area (Å²) < 4.78 is 15.2. The number of hydrogen-bond donors (Lipinski definition) is 0. The van der Waals surface area contributed by atoms with Crippen LogP contribution in [0.1, 0.15) is 24.6 Å². The monoisotopic (exact) mass is 317 g/mol. The SMILES string of the molecule is CN1CCC(c2nnc3sc(-c4cccc(F)c4)nn23)CC1. The van der Waals surface area contributed by atoms with E-state index in [1.807, 2.05) is 10.6 Å². The van der Waals surface area contributed by atoms with Crippen molar-refractivity contribution in [2.45, 2.75) is 18.8 Å². The van der Waals surface area contributed by atoms with Crippen LogP contribution in [0, 0.1) is 5.82 Å². The summed E-state index contributed by atoms with van der Waals surface area (Å²) in [4.78, 5) is 3.10. The number of aromatic nitrogens is 4. The predicted octanol–water partition coefficient (Wildman–Crippen LogP) is 2.80. The smallest absolute Gasteiger partial charge is 0.234 e. The second kappa shape index (κ2) is 5.40. The summed E-state index contributed by atoms with van der Waals surface area (Å²) in [5, 5.41) is 14.0. The van der Waals surface area contributed by atoms with Gasteiger partial charge in [0.1, 0.15) is 10.8 Å². The summed E-state index contributed by atoms with van der Waals surface area (Å²) >= 11 is 1.45. The Labute approximate surface area is 131 Å². The predicted molar refractivity (Wildman–Crippen MR) is 83.5 cm³/mol. The molecular weight excluding hydrogens is 301 g/mol. The molecule has 5 nitrogen and oxygen atoms in total. The topological polar surface area (TPSA) is 46.3 Å². The van der Waals surface area contributed by atoms with Gasteiger partial charge in [-0.05, 0) is 45.1 Å². The molecule has 3 aromatic rings. The number of hydrogen-bond acceptors (Lipinski definition) is 5. The first-order valence-electron chi connectivity index (χ1n) is 7.37. The van der Waals surface area contributed by atoms with E-state index in [1.54, 1.807) is 6.07 Å². The molecule has 0 radical (unpaired) electrons. The third kappa shape index (κ3) is 2.40. The summed E-state index contributed by atoms with van der Waals surface area (Å²) in [5.41, 5.74) is 0.782. The number of likely N-dealkylation sites (tertiary alicyclic amines) is 1. The van der Waals surface area contributed by atoms with Gasteiger partial charge in [-0.2, -0.15) is 9.61 Å². The molecule has 2 aromatic heterocycles. The van der Waals surface area contributed by atoms with E-state index in [0.29, 0.717) is 5.92 Å². The second-order valence-electron chi connectivity index (χ2n) is 5.75. The standard InChI is InChI=1S/C15H16FN5S/c1-20-7-5-10(6-8-20)13-17-18-15-21(13)19-14(22-15)11-3-2-4-12(16)9-11/h2-4,9-10H,5-8H2,1H3. The normalized spacial score (nSPS) is 17.4. The Bertz CT molecular complexity index is 803. The van der Waals surface area contributed by atoms with E-state index in [-0.39, 0.29) is 5.82 Å². The average molecular weight is 317 g/mol. The fourth-order valence-corrected chi connectivity index (χ4v) is 3.73. The van der Waals surface area contributed by atoms with E-state index in [4.69, 9.17) is 0 Å². The van der Waals surface area contributed by atoms with Crippen LogP contribution >= 0.6 is 11.3 Å². The maximum Gasteiger partial charge on any atom is 0.234 e. The van der Waals surface area contributed by atoms with Crippen LogP contribution in [0.4, 0.5) is 4.39 Å². The molecule has 1 aromatic carbocycles. The second-order valence-corrected chi connectivity index (χ2v) is 6.70. The van der Waals surface area contributed by atoms with Crippen molar-refractivity contribution < 1.29 is 4.39 Å². The molecule has 0 N–H and O–H groups in total. The van der Waals surface area contributed by atoms with Gasteiger partial charge in [0.2, 0.25) is 4.96 Å². The Morgan fingerprint density at radius 2 is 2.05 bits per heavy atom. The molecule has 1 fully saturated rings. The van der Waals surface area contributed by atoms with Crippen LogP contribution in [-0.4, -0.2) is 44.8 Å². The third-order valence-corrected chi connectivity index (χ3v) is 5.12. The maximum absolute atomic E-state index is 13.4. The first-order chi connectivity index (χ1) is 10.7. The highest BCUT2D eigenvalue weighted by atomic mass is 32.1. The molecule has 0 unspecified atom stereocenters. The molecular formula is C15H16FN5S. The third-order valence-electron chi connectivity index (χ3n) is 4.17. The van der Waals surface area contributed by atoms with Crippen LogP contribution in [-0.2, 0) is 0 Å². The average Bonchev–Trinajstić information content (AvgIpc) is 3.08. The van der Waals surface area contributed by atoms with Crippen molar-refractivity contribution in [1.82, 2.24) is 24.7 Å². The van der Waals surface area contributed by atoms with E-state index in [9.17, 15) is 4.39 Å². The fraction of sp³-hybridized carbons (Fsp3) is 0.400. The first-order valence-corrected chi connectivity index (χ1v) is 8.19. The van der Waals surface area contributed by atoms with Gasteiger partial charge in [0.15, 0.2) is 5.82 Å². The highest BCUT2D eigenvalue weighted by Gasteiger charge is 2.24. The van der Waals surface area contributed by atoms with Gasteiger partial charge in [-0.25, -0.2) is 4.39 Å².